The molecule has 0 rings (SSSR count). The van der Waals surface area contributed by atoms with E-state index >= 15 is 0 Å². The van der Waals surface area contributed by atoms with Crippen LogP contribution in [-0.4, -0.2) is 56.3 Å². The summed E-state index contributed by atoms with van der Waals surface area (Å²) in [5.41, 5.74) is 0. The van der Waals surface area contributed by atoms with E-state index in [9.17, 15) is 19.2 Å². The second kappa shape index (κ2) is 13.4. The Labute approximate surface area is 115 Å². The number of nitrogens with zero attached hydrogens (tertiary/aromatic N) is 2. The molecule has 0 aliphatic carbocycles. The molecule has 2 radical (unpaired) electrons. The van der Waals surface area contributed by atoms with Crippen molar-refractivity contribution in [3.63, 3.8) is 0 Å². The first-order valence-electron chi connectivity index (χ1n) is 3.47. The Morgan fingerprint density at radius 2 is 1.60 bits per heavy atom. The van der Waals surface area contributed by atoms with Crippen LogP contribution in [0.25, 0.3) is 0 Å². The molecule has 0 aliphatic heterocycles. The van der Waals surface area contributed by atoms with E-state index in [2.05, 4.69) is 7.85 Å². The van der Waals surface area contributed by atoms with Gasteiger partial charge in [0.05, 0.1) is 14.3 Å². The van der Waals surface area contributed by atoms with Gasteiger partial charge in [0.15, 0.2) is 0 Å². The first-order chi connectivity index (χ1) is 6.53. The Balaban J connectivity index is -0.000000180. The summed E-state index contributed by atoms with van der Waals surface area (Å²) in [4.78, 5) is 39.7. The van der Waals surface area contributed by atoms with Crippen LogP contribution in [0.1, 0.15) is 6.92 Å². The van der Waals surface area contributed by atoms with Gasteiger partial charge in [-0.15, -0.1) is 0 Å². The fraction of sp³-hybridized carbons (Fsp3) is 0.429. The van der Waals surface area contributed by atoms with E-state index in [-0.39, 0.29) is 32.7 Å². The molecule has 0 fully saturated rings. The van der Waals surface area contributed by atoms with Gasteiger partial charge in [0.25, 0.3) is 0 Å². The van der Waals surface area contributed by atoms with Crippen LogP contribution < -0.4 is 0 Å². The standard InChI is InChI=1S/C4H5NO2.C3H3BNO2.Y/c1-2-5(3-6)4-7;1-5(2-6)3(4)7;/h2H2,1H3;1H3;/q-2;-1;+3. The van der Waals surface area contributed by atoms with Crippen LogP contribution in [0.4, 0.5) is 4.79 Å². The molecule has 15 heavy (non-hydrogen) atoms. The average Bonchev–Trinajstić information content (AvgIpc) is 2.20. The van der Waals surface area contributed by atoms with E-state index in [0.29, 0.717) is 11.4 Å². The first-order valence-corrected chi connectivity index (χ1v) is 3.47. The molecule has 0 bridgehead atoms. The summed E-state index contributed by atoms with van der Waals surface area (Å²) in [5.74, 6) is -0.796. The van der Waals surface area contributed by atoms with Gasteiger partial charge in [0.1, 0.15) is 0 Å². The maximum absolute atomic E-state index is 9.82. The Morgan fingerprint density at radius 1 is 1.20 bits per heavy atom. The Kier molecular flexibility index (Phi) is 17.9. The van der Waals surface area contributed by atoms with Crippen molar-refractivity contribution in [1.82, 2.24) is 9.80 Å². The molecule has 8 heteroatoms. The zero-order valence-electron chi connectivity index (χ0n) is 8.39. The molecule has 0 saturated heterocycles. The van der Waals surface area contributed by atoms with E-state index in [1.807, 2.05) is 0 Å². The van der Waals surface area contributed by atoms with Crippen molar-refractivity contribution >= 4 is 32.9 Å². The SMILES string of the molecule is CCN([C-]=O)[C-]=O.[B]C(=O)N(C)[C-]=O.[Y+3]. The number of rotatable bonds is 4. The maximum Gasteiger partial charge on any atom is 3.00 e. The molecular weight excluding hydrogens is 276 g/mol. The third-order valence-electron chi connectivity index (χ3n) is 1.00. The quantitative estimate of drug-likeness (QED) is 0.366. The topological polar surface area (TPSA) is 74.8 Å². The summed E-state index contributed by atoms with van der Waals surface area (Å²) in [5, 5.41) is 0. The Hall–Kier alpha value is -0.551. The van der Waals surface area contributed by atoms with Crippen LogP contribution in [-0.2, 0) is 47.1 Å². The molecule has 6 nitrogen and oxygen atoms in total. The van der Waals surface area contributed by atoms with Gasteiger partial charge in [0, 0.05) is 5.81 Å². The predicted octanol–water partition coefficient (Wildman–Crippen LogP) is -1.29. The van der Waals surface area contributed by atoms with Gasteiger partial charge in [-0.1, -0.05) is 6.92 Å². The minimum absolute atomic E-state index is 0. The van der Waals surface area contributed by atoms with Crippen LogP contribution >= 0.6 is 0 Å². The van der Waals surface area contributed by atoms with Crippen LogP contribution in [0.15, 0.2) is 0 Å². The van der Waals surface area contributed by atoms with Crippen LogP contribution in [0.2, 0.25) is 0 Å². The second-order valence-corrected chi connectivity index (χ2v) is 1.92. The molecule has 0 heterocycles. The molecule has 0 N–H and O–H groups in total. The monoisotopic (exact) mass is 284 g/mol. The van der Waals surface area contributed by atoms with Crippen molar-refractivity contribution in [3.8, 4) is 0 Å². The Bertz CT molecular complexity index is 199. The smallest absolute Gasteiger partial charge is 0.636 e. The van der Waals surface area contributed by atoms with E-state index < -0.39 is 5.81 Å². The van der Waals surface area contributed by atoms with Crippen molar-refractivity contribution < 1.29 is 51.9 Å². The van der Waals surface area contributed by atoms with Crippen LogP contribution in [0.3, 0.4) is 0 Å². The maximum atomic E-state index is 9.82. The van der Waals surface area contributed by atoms with Gasteiger partial charge in [0.2, 0.25) is 0 Å². The molecule has 0 unspecified atom stereocenters. The van der Waals surface area contributed by atoms with Crippen molar-refractivity contribution in [3.05, 3.63) is 0 Å². The summed E-state index contributed by atoms with van der Waals surface area (Å²) in [6, 6.07) is 0. The molecule has 0 aromatic rings. The molecule has 0 atom stereocenters. The van der Waals surface area contributed by atoms with Gasteiger partial charge in [-0.2, -0.15) is 12.8 Å². The zero-order chi connectivity index (χ0) is 11.6. The minimum atomic E-state index is -0.796. The molecule has 0 aliphatic rings. The molecule has 4 amide bonds. The summed E-state index contributed by atoms with van der Waals surface area (Å²) in [6.45, 7) is 2.00. The number of hydrogen-bond acceptors (Lipinski definition) is 4. The van der Waals surface area contributed by atoms with E-state index in [1.54, 1.807) is 6.92 Å². The van der Waals surface area contributed by atoms with Gasteiger partial charge in [-0.25, -0.2) is 0 Å². The van der Waals surface area contributed by atoms with E-state index in [0.717, 1.165) is 4.90 Å². The van der Waals surface area contributed by atoms with Crippen LogP contribution in [0.5, 0.6) is 0 Å². The molecule has 0 aromatic heterocycles. The average molecular weight is 284 g/mol. The van der Waals surface area contributed by atoms with Gasteiger partial charge >= 0.3 is 32.7 Å². The largest absolute Gasteiger partial charge is 3.00 e. The molecule has 76 valence electrons. The molecule has 0 aromatic carbocycles. The minimum Gasteiger partial charge on any atom is -0.636 e. The van der Waals surface area contributed by atoms with E-state index in [4.69, 9.17) is 0 Å². The molecule has 0 spiro atoms. The number of hydrogen-bond donors (Lipinski definition) is 0. The van der Waals surface area contributed by atoms with Crippen molar-refractivity contribution in [1.29, 1.82) is 0 Å². The number of imide groups is 2. The normalized spacial score (nSPS) is 7.07. The van der Waals surface area contributed by atoms with Gasteiger partial charge in [-0.05, 0) is 13.6 Å². The first kappa shape index (κ1) is 19.9. The summed E-state index contributed by atoms with van der Waals surface area (Å²) < 4.78 is 0. The Morgan fingerprint density at radius 3 is 1.60 bits per heavy atom. The fourth-order valence-electron chi connectivity index (χ4n) is 0.193. The number of carbonyl (C=O) groups excluding carboxylic acids is 4. The third kappa shape index (κ3) is 13.4. The van der Waals surface area contributed by atoms with Gasteiger partial charge < -0.3 is 29.0 Å². The zero-order valence-corrected chi connectivity index (χ0v) is 11.2. The summed E-state index contributed by atoms with van der Waals surface area (Å²) in [6.07, 6.45) is 4.00. The molecular formula is C7H8BN2O4Y. The van der Waals surface area contributed by atoms with E-state index in [1.165, 1.54) is 26.3 Å². The summed E-state index contributed by atoms with van der Waals surface area (Å²) >= 11 is 0. The van der Waals surface area contributed by atoms with Crippen molar-refractivity contribution in [2.75, 3.05) is 13.6 Å². The third-order valence-corrected chi connectivity index (χ3v) is 1.00. The van der Waals surface area contributed by atoms with Gasteiger partial charge in [-0.3, -0.25) is 0 Å². The van der Waals surface area contributed by atoms with Crippen molar-refractivity contribution in [2.24, 2.45) is 0 Å². The number of carbonyl (C=O) groups is 1. The number of amides is 4. The predicted molar refractivity (Wildman–Crippen MR) is 48.4 cm³/mol. The summed E-state index contributed by atoms with van der Waals surface area (Å²) in [7, 11) is 5.80. The van der Waals surface area contributed by atoms with Crippen molar-refractivity contribution in [2.45, 2.75) is 6.92 Å². The second-order valence-electron chi connectivity index (χ2n) is 1.92. The molecule has 0 saturated carbocycles. The van der Waals surface area contributed by atoms with Crippen LogP contribution in [0, 0.1) is 0 Å². The fourth-order valence-corrected chi connectivity index (χ4v) is 0.193.